The molecule has 0 atom stereocenters. The molecule has 0 aromatic heterocycles. The Hall–Kier alpha value is -3.00. The Labute approximate surface area is 122 Å². The average molecular weight is 282 g/mol. The minimum absolute atomic E-state index is 0.347. The van der Waals surface area contributed by atoms with Crippen LogP contribution in [0.25, 0.3) is 0 Å². The number of ether oxygens (including phenoxy) is 2. The van der Waals surface area contributed by atoms with Crippen molar-refractivity contribution in [3.05, 3.63) is 53.6 Å². The minimum atomic E-state index is -0.454. The third-order valence-electron chi connectivity index (χ3n) is 2.87. The second-order valence-electron chi connectivity index (χ2n) is 4.33. The maximum atomic E-state index is 11.5. The number of nitrogen functional groups attached to an aromatic ring is 1. The fourth-order valence-corrected chi connectivity index (χ4v) is 1.76. The van der Waals surface area contributed by atoms with Gasteiger partial charge in [0.05, 0.1) is 30.9 Å². The van der Waals surface area contributed by atoms with Crippen LogP contribution in [0.3, 0.4) is 0 Å². The van der Waals surface area contributed by atoms with Crippen molar-refractivity contribution in [1.29, 1.82) is 5.26 Å². The molecule has 2 N–H and O–H groups in total. The molecule has 0 radical (unpaired) electrons. The lowest BCUT2D eigenvalue weighted by Crippen LogP contribution is -2.02. The van der Waals surface area contributed by atoms with Gasteiger partial charge in [-0.05, 0) is 35.9 Å². The van der Waals surface area contributed by atoms with Crippen molar-refractivity contribution in [2.24, 2.45) is 0 Å². The molecule has 0 heterocycles. The van der Waals surface area contributed by atoms with Crippen LogP contribution in [0.2, 0.25) is 0 Å². The first-order valence-electron chi connectivity index (χ1n) is 6.25. The maximum Gasteiger partial charge on any atom is 0.337 e. The van der Waals surface area contributed by atoms with Crippen molar-refractivity contribution in [3.8, 4) is 17.6 Å². The summed E-state index contributed by atoms with van der Waals surface area (Å²) in [6.07, 6.45) is 0.347. The maximum absolute atomic E-state index is 11.5. The molecule has 0 saturated heterocycles. The molecule has 0 fully saturated rings. The van der Waals surface area contributed by atoms with Gasteiger partial charge in [0.25, 0.3) is 0 Å². The third kappa shape index (κ3) is 3.51. The lowest BCUT2D eigenvalue weighted by Gasteiger charge is -2.10. The summed E-state index contributed by atoms with van der Waals surface area (Å²) < 4.78 is 10.3. The molecule has 0 aliphatic carbocycles. The topological polar surface area (TPSA) is 85.3 Å². The Morgan fingerprint density at radius 2 is 1.95 bits per heavy atom. The molecular weight excluding hydrogens is 268 g/mol. The number of hydrogen-bond acceptors (Lipinski definition) is 5. The number of carbonyl (C=O) groups excluding carboxylic acids is 1. The highest BCUT2D eigenvalue weighted by Gasteiger charge is 2.10. The molecule has 0 aliphatic heterocycles. The van der Waals surface area contributed by atoms with E-state index in [1.165, 1.54) is 13.2 Å². The quantitative estimate of drug-likeness (QED) is 0.688. The van der Waals surface area contributed by atoms with E-state index in [4.69, 9.17) is 15.7 Å². The number of esters is 1. The zero-order valence-corrected chi connectivity index (χ0v) is 11.5. The van der Waals surface area contributed by atoms with Gasteiger partial charge in [0.15, 0.2) is 5.75 Å². The standard InChI is InChI=1S/C16H14N2O3/c1-20-16(19)12-4-7-14(18)15(10-12)21-13-5-2-11(3-6-13)8-9-17/h2-7,10H,8,18H2,1H3. The van der Waals surface area contributed by atoms with Gasteiger partial charge in [0, 0.05) is 0 Å². The number of nitrogens with zero attached hydrogens (tertiary/aromatic N) is 1. The van der Waals surface area contributed by atoms with E-state index >= 15 is 0 Å². The van der Waals surface area contributed by atoms with Crippen LogP contribution in [0.4, 0.5) is 5.69 Å². The molecule has 0 unspecified atom stereocenters. The lowest BCUT2D eigenvalue weighted by molar-refractivity contribution is 0.0600. The molecule has 21 heavy (non-hydrogen) atoms. The molecule has 2 aromatic rings. The first kappa shape index (κ1) is 14.4. The molecule has 2 aromatic carbocycles. The molecular formula is C16H14N2O3. The van der Waals surface area contributed by atoms with Crippen molar-refractivity contribution >= 4 is 11.7 Å². The van der Waals surface area contributed by atoms with Crippen molar-refractivity contribution in [3.63, 3.8) is 0 Å². The van der Waals surface area contributed by atoms with Crippen LogP contribution in [-0.2, 0) is 11.2 Å². The molecule has 0 saturated carbocycles. The summed E-state index contributed by atoms with van der Waals surface area (Å²) in [5.41, 5.74) is 7.52. The van der Waals surface area contributed by atoms with Gasteiger partial charge in [-0.1, -0.05) is 12.1 Å². The minimum Gasteiger partial charge on any atom is -0.465 e. The predicted octanol–water partition coefficient (Wildman–Crippen LogP) is 2.91. The highest BCUT2D eigenvalue weighted by atomic mass is 16.5. The van der Waals surface area contributed by atoms with Gasteiger partial charge in [0.1, 0.15) is 5.75 Å². The number of nitrogens with two attached hydrogens (primary N) is 1. The van der Waals surface area contributed by atoms with Crippen molar-refractivity contribution in [2.45, 2.75) is 6.42 Å². The molecule has 0 bridgehead atoms. The molecule has 5 nitrogen and oxygen atoms in total. The Balaban J connectivity index is 2.22. The van der Waals surface area contributed by atoms with Gasteiger partial charge in [-0.25, -0.2) is 4.79 Å². The Morgan fingerprint density at radius 1 is 1.24 bits per heavy atom. The van der Waals surface area contributed by atoms with E-state index in [1.807, 2.05) is 0 Å². The van der Waals surface area contributed by atoms with Gasteiger partial charge < -0.3 is 15.2 Å². The number of carbonyl (C=O) groups is 1. The van der Waals surface area contributed by atoms with Gasteiger partial charge in [0.2, 0.25) is 0 Å². The summed E-state index contributed by atoms with van der Waals surface area (Å²) in [5, 5.41) is 8.62. The van der Waals surface area contributed by atoms with Crippen LogP contribution in [-0.4, -0.2) is 13.1 Å². The van der Waals surface area contributed by atoms with Crippen LogP contribution >= 0.6 is 0 Å². The van der Waals surface area contributed by atoms with Crippen LogP contribution in [0.15, 0.2) is 42.5 Å². The summed E-state index contributed by atoms with van der Waals surface area (Å²) in [5.74, 6) is 0.501. The van der Waals surface area contributed by atoms with Gasteiger partial charge in [-0.2, -0.15) is 5.26 Å². The van der Waals surface area contributed by atoms with Gasteiger partial charge in [-0.3, -0.25) is 0 Å². The zero-order valence-electron chi connectivity index (χ0n) is 11.5. The van der Waals surface area contributed by atoms with E-state index in [9.17, 15) is 4.79 Å². The van der Waals surface area contributed by atoms with Gasteiger partial charge in [-0.15, -0.1) is 0 Å². The van der Waals surface area contributed by atoms with Crippen molar-refractivity contribution < 1.29 is 14.3 Å². The van der Waals surface area contributed by atoms with E-state index in [0.717, 1.165) is 5.56 Å². The number of hydrogen-bond donors (Lipinski definition) is 1. The molecule has 5 heteroatoms. The zero-order chi connectivity index (χ0) is 15.2. The SMILES string of the molecule is COC(=O)c1ccc(N)c(Oc2ccc(CC#N)cc2)c1. The van der Waals surface area contributed by atoms with E-state index < -0.39 is 5.97 Å². The molecule has 0 aliphatic rings. The van der Waals surface area contributed by atoms with E-state index in [1.54, 1.807) is 36.4 Å². The van der Waals surface area contributed by atoms with Crippen LogP contribution in [0.1, 0.15) is 15.9 Å². The third-order valence-corrected chi connectivity index (χ3v) is 2.87. The first-order chi connectivity index (χ1) is 10.1. The normalized spacial score (nSPS) is 9.71. The van der Waals surface area contributed by atoms with E-state index in [-0.39, 0.29) is 0 Å². The Kier molecular flexibility index (Phi) is 4.42. The molecule has 0 amide bonds. The predicted molar refractivity (Wildman–Crippen MR) is 78.0 cm³/mol. The summed E-state index contributed by atoms with van der Waals surface area (Å²) in [6.45, 7) is 0. The monoisotopic (exact) mass is 282 g/mol. The van der Waals surface area contributed by atoms with Gasteiger partial charge >= 0.3 is 5.97 Å². The number of benzene rings is 2. The second kappa shape index (κ2) is 6.44. The average Bonchev–Trinajstić information content (AvgIpc) is 2.51. The highest BCUT2D eigenvalue weighted by Crippen LogP contribution is 2.29. The highest BCUT2D eigenvalue weighted by molar-refractivity contribution is 5.90. The van der Waals surface area contributed by atoms with Crippen LogP contribution in [0.5, 0.6) is 11.5 Å². The summed E-state index contributed by atoms with van der Waals surface area (Å²) >= 11 is 0. The summed E-state index contributed by atoms with van der Waals surface area (Å²) in [7, 11) is 1.31. The van der Waals surface area contributed by atoms with Crippen molar-refractivity contribution in [1.82, 2.24) is 0 Å². The Bertz CT molecular complexity index is 688. The summed E-state index contributed by atoms with van der Waals surface area (Å²) in [4.78, 5) is 11.5. The molecule has 106 valence electrons. The van der Waals surface area contributed by atoms with Crippen LogP contribution < -0.4 is 10.5 Å². The number of rotatable bonds is 4. The summed E-state index contributed by atoms with van der Waals surface area (Å²) in [6, 6.07) is 13.9. The smallest absolute Gasteiger partial charge is 0.337 e. The van der Waals surface area contributed by atoms with E-state index in [0.29, 0.717) is 29.2 Å². The number of methoxy groups -OCH3 is 1. The number of nitriles is 1. The first-order valence-corrected chi connectivity index (χ1v) is 6.25. The van der Waals surface area contributed by atoms with Crippen LogP contribution in [0, 0.1) is 11.3 Å². The lowest BCUT2D eigenvalue weighted by atomic mass is 10.1. The molecule has 2 rings (SSSR count). The Morgan fingerprint density at radius 3 is 2.57 bits per heavy atom. The van der Waals surface area contributed by atoms with E-state index in [2.05, 4.69) is 10.8 Å². The van der Waals surface area contributed by atoms with Crippen molar-refractivity contribution in [2.75, 3.05) is 12.8 Å². The fraction of sp³-hybridized carbons (Fsp3) is 0.125. The number of anilines is 1. The fourth-order valence-electron chi connectivity index (χ4n) is 1.76. The second-order valence-corrected chi connectivity index (χ2v) is 4.33. The molecule has 0 spiro atoms. The largest absolute Gasteiger partial charge is 0.465 e.